The molecular formula is C31H38N4O8. The second-order valence-corrected chi connectivity index (χ2v) is 10.4. The Balaban J connectivity index is 1.04. The molecule has 4 rings (SSSR count). The van der Waals surface area contributed by atoms with E-state index in [0.29, 0.717) is 62.6 Å². The van der Waals surface area contributed by atoms with Gasteiger partial charge < -0.3 is 29.7 Å². The van der Waals surface area contributed by atoms with Crippen LogP contribution in [0.5, 0.6) is 5.75 Å². The summed E-state index contributed by atoms with van der Waals surface area (Å²) in [6.07, 6.45) is 4.58. The lowest BCUT2D eigenvalue weighted by molar-refractivity contribution is -0.137. The number of amides is 5. The molecule has 0 radical (unpaired) electrons. The molecule has 0 aliphatic carbocycles. The quantitative estimate of drug-likeness (QED) is 0.135. The number of hydrogen-bond donors (Lipinski definition) is 3. The van der Waals surface area contributed by atoms with Crippen molar-refractivity contribution < 1.29 is 38.2 Å². The van der Waals surface area contributed by atoms with Gasteiger partial charge in [-0.05, 0) is 61.9 Å². The van der Waals surface area contributed by atoms with Crippen molar-refractivity contribution in [2.24, 2.45) is 0 Å². The third-order valence-electron chi connectivity index (χ3n) is 7.16. The van der Waals surface area contributed by atoms with Gasteiger partial charge in [0, 0.05) is 56.1 Å². The Hall–Kier alpha value is -4.29. The van der Waals surface area contributed by atoms with E-state index in [1.807, 2.05) is 24.3 Å². The number of imide groups is 1. The third-order valence-corrected chi connectivity index (χ3v) is 7.16. The van der Waals surface area contributed by atoms with Crippen LogP contribution in [-0.2, 0) is 41.7 Å². The molecule has 12 nitrogen and oxygen atoms in total. The van der Waals surface area contributed by atoms with Crippen molar-refractivity contribution in [1.29, 1.82) is 0 Å². The van der Waals surface area contributed by atoms with Gasteiger partial charge in [0.25, 0.3) is 5.91 Å². The maximum atomic E-state index is 12.9. The van der Waals surface area contributed by atoms with Crippen molar-refractivity contribution in [2.45, 2.75) is 57.7 Å². The van der Waals surface area contributed by atoms with Crippen LogP contribution in [0.3, 0.4) is 0 Å². The fraction of sp³-hybridized carbons (Fsp3) is 0.452. The van der Waals surface area contributed by atoms with Gasteiger partial charge in [-0.2, -0.15) is 0 Å². The molecule has 2 aliphatic rings. The fourth-order valence-electron chi connectivity index (χ4n) is 5.00. The zero-order valence-corrected chi connectivity index (χ0v) is 24.1. The number of carbonyl (C=O) groups is 5. The number of nitrogens with one attached hydrogen (secondary N) is 3. The molecule has 5 amide bonds. The lowest BCUT2D eigenvalue weighted by atomic mass is 10.0. The number of fused-ring (bicyclic) bond motifs is 1. The molecule has 0 bridgehead atoms. The van der Waals surface area contributed by atoms with E-state index in [0.717, 1.165) is 30.6 Å². The number of anilines is 1. The molecule has 43 heavy (non-hydrogen) atoms. The van der Waals surface area contributed by atoms with E-state index < -0.39 is 11.9 Å². The van der Waals surface area contributed by atoms with Crippen molar-refractivity contribution in [3.05, 3.63) is 59.2 Å². The molecule has 1 saturated heterocycles. The van der Waals surface area contributed by atoms with Crippen LogP contribution in [-0.4, -0.2) is 74.0 Å². The van der Waals surface area contributed by atoms with Crippen molar-refractivity contribution in [2.75, 3.05) is 38.4 Å². The van der Waals surface area contributed by atoms with E-state index in [-0.39, 0.29) is 43.7 Å². The SMILES string of the molecule is O=CNCc1cccc(OCCCCCOCCCOCC(=O)Nc2cccc3c2CN(C2CCC(=O)NC2=O)C3=O)c1. The van der Waals surface area contributed by atoms with E-state index in [9.17, 15) is 24.0 Å². The van der Waals surface area contributed by atoms with Gasteiger partial charge in [-0.15, -0.1) is 0 Å². The van der Waals surface area contributed by atoms with Gasteiger partial charge >= 0.3 is 0 Å². The predicted octanol–water partition coefficient (Wildman–Crippen LogP) is 2.30. The predicted molar refractivity (Wildman–Crippen MR) is 156 cm³/mol. The standard InChI is InChI=1S/C31H38N4O8/c36-21-32-18-22-7-4-8-23(17-22)43-16-3-1-2-13-41-14-6-15-42-20-29(38)33-26-10-5-9-24-25(26)19-35(31(24)40)27-11-12-28(37)34-30(27)39/h4-5,7-10,17,21,27H,1-3,6,11-16,18-20H2,(H,32,36)(H,33,38)(H,34,37,39). The summed E-state index contributed by atoms with van der Waals surface area (Å²) in [5, 5.41) is 7.73. The molecule has 0 saturated carbocycles. The number of carbonyl (C=O) groups excluding carboxylic acids is 5. The van der Waals surface area contributed by atoms with Crippen molar-refractivity contribution in [1.82, 2.24) is 15.5 Å². The topological polar surface area (TPSA) is 152 Å². The van der Waals surface area contributed by atoms with Crippen LogP contribution in [0.4, 0.5) is 5.69 Å². The highest BCUT2D eigenvalue weighted by Gasteiger charge is 2.39. The van der Waals surface area contributed by atoms with Gasteiger partial charge in [-0.1, -0.05) is 18.2 Å². The van der Waals surface area contributed by atoms with E-state index in [4.69, 9.17) is 14.2 Å². The number of piperidine rings is 1. The number of benzene rings is 2. The summed E-state index contributed by atoms with van der Waals surface area (Å²) in [5.41, 5.74) is 2.56. The van der Waals surface area contributed by atoms with E-state index >= 15 is 0 Å². The molecule has 3 N–H and O–H groups in total. The number of rotatable bonds is 18. The molecule has 2 aliphatic heterocycles. The van der Waals surface area contributed by atoms with Crippen LogP contribution in [0.2, 0.25) is 0 Å². The molecule has 12 heteroatoms. The van der Waals surface area contributed by atoms with Gasteiger partial charge in [0.15, 0.2) is 0 Å². The number of ether oxygens (including phenoxy) is 3. The van der Waals surface area contributed by atoms with Gasteiger partial charge in [-0.3, -0.25) is 29.3 Å². The highest BCUT2D eigenvalue weighted by molar-refractivity contribution is 6.06. The van der Waals surface area contributed by atoms with E-state index in [1.165, 1.54) is 4.90 Å². The summed E-state index contributed by atoms with van der Waals surface area (Å²) >= 11 is 0. The zero-order valence-electron chi connectivity index (χ0n) is 24.1. The Bertz CT molecular complexity index is 1300. The monoisotopic (exact) mass is 594 g/mol. The number of hydrogen-bond acceptors (Lipinski definition) is 8. The molecule has 1 fully saturated rings. The third kappa shape index (κ3) is 9.35. The highest BCUT2D eigenvalue weighted by atomic mass is 16.5. The molecule has 1 atom stereocenters. The Morgan fingerprint density at radius 1 is 0.977 bits per heavy atom. The van der Waals surface area contributed by atoms with E-state index in [1.54, 1.807) is 18.2 Å². The van der Waals surface area contributed by atoms with Crippen molar-refractivity contribution >= 4 is 35.7 Å². The largest absolute Gasteiger partial charge is 0.494 e. The summed E-state index contributed by atoms with van der Waals surface area (Å²) < 4.78 is 16.9. The minimum Gasteiger partial charge on any atom is -0.494 e. The minimum absolute atomic E-state index is 0.134. The average Bonchev–Trinajstić information content (AvgIpc) is 3.33. The van der Waals surface area contributed by atoms with Crippen LogP contribution < -0.4 is 20.7 Å². The number of nitrogens with zero attached hydrogens (tertiary/aromatic N) is 1. The summed E-state index contributed by atoms with van der Waals surface area (Å²) in [7, 11) is 0. The second-order valence-electron chi connectivity index (χ2n) is 10.4. The molecule has 0 spiro atoms. The lowest BCUT2D eigenvalue weighted by Crippen LogP contribution is -2.52. The second kappa shape index (κ2) is 16.4. The van der Waals surface area contributed by atoms with Crippen molar-refractivity contribution in [3.63, 3.8) is 0 Å². The highest BCUT2D eigenvalue weighted by Crippen LogP contribution is 2.32. The summed E-state index contributed by atoms with van der Waals surface area (Å²) in [6, 6.07) is 12.0. The Labute approximate surface area is 250 Å². The summed E-state index contributed by atoms with van der Waals surface area (Å²) in [5.74, 6) is -0.665. The molecule has 2 aromatic rings. The van der Waals surface area contributed by atoms with Crippen LogP contribution in [0, 0.1) is 0 Å². The van der Waals surface area contributed by atoms with Gasteiger partial charge in [0.2, 0.25) is 24.1 Å². The first kappa shape index (κ1) is 31.6. The van der Waals surface area contributed by atoms with Gasteiger partial charge in [0.1, 0.15) is 18.4 Å². The van der Waals surface area contributed by atoms with Crippen LogP contribution in [0.15, 0.2) is 42.5 Å². The van der Waals surface area contributed by atoms with Crippen molar-refractivity contribution in [3.8, 4) is 5.75 Å². The molecule has 230 valence electrons. The number of unbranched alkanes of at least 4 members (excludes halogenated alkanes) is 2. The van der Waals surface area contributed by atoms with Crippen LogP contribution >= 0.6 is 0 Å². The summed E-state index contributed by atoms with van der Waals surface area (Å²) in [6.45, 7) is 2.68. The maximum Gasteiger partial charge on any atom is 0.255 e. The lowest BCUT2D eigenvalue weighted by Gasteiger charge is -2.29. The Morgan fingerprint density at radius 3 is 2.60 bits per heavy atom. The zero-order chi connectivity index (χ0) is 30.4. The smallest absolute Gasteiger partial charge is 0.255 e. The molecule has 2 aromatic carbocycles. The molecule has 0 aromatic heterocycles. The first-order chi connectivity index (χ1) is 21.0. The molecule has 1 unspecified atom stereocenters. The molecular weight excluding hydrogens is 556 g/mol. The first-order valence-corrected chi connectivity index (χ1v) is 14.6. The van der Waals surface area contributed by atoms with Crippen LogP contribution in [0.1, 0.15) is 60.0 Å². The van der Waals surface area contributed by atoms with Gasteiger partial charge in [-0.25, -0.2) is 0 Å². The van der Waals surface area contributed by atoms with Crippen LogP contribution in [0.25, 0.3) is 0 Å². The minimum atomic E-state index is -0.714. The Kier molecular flexibility index (Phi) is 12.0. The Morgan fingerprint density at radius 2 is 1.77 bits per heavy atom. The summed E-state index contributed by atoms with van der Waals surface area (Å²) in [4.78, 5) is 61.0. The van der Waals surface area contributed by atoms with E-state index in [2.05, 4.69) is 16.0 Å². The van der Waals surface area contributed by atoms with Gasteiger partial charge in [0.05, 0.1) is 6.61 Å². The average molecular weight is 595 g/mol. The normalized spacial score (nSPS) is 16.0. The molecule has 2 heterocycles. The maximum absolute atomic E-state index is 12.9. The fourth-order valence-corrected chi connectivity index (χ4v) is 5.00. The first-order valence-electron chi connectivity index (χ1n) is 14.6.